The molecule has 0 aromatic carbocycles. The quantitative estimate of drug-likeness (QED) is 0.843. The molecule has 0 bridgehead atoms. The molecule has 0 saturated heterocycles. The largest absolute Gasteiger partial charge is 0.490 e. The van der Waals surface area contributed by atoms with Crippen molar-refractivity contribution in [1.82, 2.24) is 4.98 Å². The fraction of sp³-hybridized carbons (Fsp3) is 0.615. The van der Waals surface area contributed by atoms with Crippen molar-refractivity contribution in [2.45, 2.75) is 30.9 Å². The van der Waals surface area contributed by atoms with Crippen LogP contribution in [0.1, 0.15) is 26.2 Å². The Kier molecular flexibility index (Phi) is 4.15. The Bertz CT molecular complexity index is 361. The standard InChI is InChI=1S/C13H20N2OS/c1-3-16-11-6-4-9-14-12(11)15-10-13(17-2)7-5-8-13/h4,6,9H,3,5,7-8,10H2,1-2H3,(H,14,15). The van der Waals surface area contributed by atoms with E-state index in [9.17, 15) is 0 Å². The molecule has 0 amide bonds. The molecule has 0 unspecified atom stereocenters. The Morgan fingerprint density at radius 1 is 1.53 bits per heavy atom. The summed E-state index contributed by atoms with van der Waals surface area (Å²) < 4.78 is 5.97. The van der Waals surface area contributed by atoms with Crippen LogP contribution in [0, 0.1) is 0 Å². The maximum atomic E-state index is 5.56. The van der Waals surface area contributed by atoms with Gasteiger partial charge in [0.1, 0.15) is 0 Å². The highest BCUT2D eigenvalue weighted by molar-refractivity contribution is 8.00. The van der Waals surface area contributed by atoms with Gasteiger partial charge in [0.05, 0.1) is 6.61 Å². The minimum atomic E-state index is 0.418. The van der Waals surface area contributed by atoms with Gasteiger partial charge >= 0.3 is 0 Å². The van der Waals surface area contributed by atoms with E-state index >= 15 is 0 Å². The van der Waals surface area contributed by atoms with Crippen LogP contribution in [0.5, 0.6) is 5.75 Å². The fourth-order valence-electron chi connectivity index (χ4n) is 2.06. The highest BCUT2D eigenvalue weighted by Crippen LogP contribution is 2.42. The van der Waals surface area contributed by atoms with Crippen LogP contribution >= 0.6 is 11.8 Å². The smallest absolute Gasteiger partial charge is 0.168 e. The second kappa shape index (κ2) is 5.63. The number of pyridine rings is 1. The Morgan fingerprint density at radius 2 is 2.35 bits per heavy atom. The number of aromatic nitrogens is 1. The summed E-state index contributed by atoms with van der Waals surface area (Å²) in [6.45, 7) is 3.64. The monoisotopic (exact) mass is 252 g/mol. The van der Waals surface area contributed by atoms with E-state index in [1.165, 1.54) is 19.3 Å². The number of hydrogen-bond donors (Lipinski definition) is 1. The van der Waals surface area contributed by atoms with Crippen molar-refractivity contribution < 1.29 is 4.74 Å². The van der Waals surface area contributed by atoms with Crippen LogP contribution in [-0.2, 0) is 0 Å². The minimum Gasteiger partial charge on any atom is -0.490 e. The molecule has 0 radical (unpaired) electrons. The summed E-state index contributed by atoms with van der Waals surface area (Å²) in [5.74, 6) is 1.72. The first-order valence-electron chi connectivity index (χ1n) is 6.16. The van der Waals surface area contributed by atoms with Crippen molar-refractivity contribution in [3.05, 3.63) is 18.3 Å². The predicted molar refractivity (Wildman–Crippen MR) is 74.0 cm³/mol. The first kappa shape index (κ1) is 12.6. The highest BCUT2D eigenvalue weighted by Gasteiger charge is 2.36. The van der Waals surface area contributed by atoms with E-state index < -0.39 is 0 Å². The van der Waals surface area contributed by atoms with Gasteiger partial charge in [-0.1, -0.05) is 6.42 Å². The van der Waals surface area contributed by atoms with E-state index in [0.717, 1.165) is 18.1 Å². The molecule has 94 valence electrons. The lowest BCUT2D eigenvalue weighted by Gasteiger charge is -2.40. The molecule has 2 rings (SSSR count). The zero-order chi connectivity index (χ0) is 12.1. The average molecular weight is 252 g/mol. The van der Waals surface area contributed by atoms with Gasteiger partial charge in [0, 0.05) is 17.5 Å². The number of rotatable bonds is 6. The van der Waals surface area contributed by atoms with Gasteiger partial charge in [0.15, 0.2) is 11.6 Å². The number of anilines is 1. The van der Waals surface area contributed by atoms with Gasteiger partial charge < -0.3 is 10.1 Å². The molecule has 1 aromatic rings. The van der Waals surface area contributed by atoms with E-state index in [0.29, 0.717) is 11.4 Å². The summed E-state index contributed by atoms with van der Waals surface area (Å²) in [4.78, 5) is 4.35. The summed E-state index contributed by atoms with van der Waals surface area (Å²) >= 11 is 1.97. The summed E-state index contributed by atoms with van der Waals surface area (Å²) in [5.41, 5.74) is 0. The summed E-state index contributed by atoms with van der Waals surface area (Å²) in [6, 6.07) is 3.87. The predicted octanol–water partition coefficient (Wildman–Crippen LogP) is 3.18. The van der Waals surface area contributed by atoms with Gasteiger partial charge in [-0.3, -0.25) is 0 Å². The number of nitrogens with zero attached hydrogens (tertiary/aromatic N) is 1. The minimum absolute atomic E-state index is 0.418. The molecule has 17 heavy (non-hydrogen) atoms. The van der Waals surface area contributed by atoms with E-state index in [2.05, 4.69) is 16.6 Å². The Labute approximate surface area is 107 Å². The van der Waals surface area contributed by atoms with Crippen molar-refractivity contribution in [3.8, 4) is 5.75 Å². The molecule has 1 N–H and O–H groups in total. The molecule has 1 fully saturated rings. The molecule has 0 atom stereocenters. The number of hydrogen-bond acceptors (Lipinski definition) is 4. The van der Waals surface area contributed by atoms with Crippen LogP contribution in [0.4, 0.5) is 5.82 Å². The zero-order valence-corrected chi connectivity index (χ0v) is 11.3. The van der Waals surface area contributed by atoms with Crippen molar-refractivity contribution in [1.29, 1.82) is 0 Å². The molecular weight excluding hydrogens is 232 g/mol. The molecule has 1 aliphatic carbocycles. The molecule has 1 aromatic heterocycles. The number of nitrogens with one attached hydrogen (secondary N) is 1. The normalized spacial score (nSPS) is 17.3. The second-order valence-corrected chi connectivity index (χ2v) is 5.65. The Balaban J connectivity index is 1.98. The summed E-state index contributed by atoms with van der Waals surface area (Å²) in [7, 11) is 0. The first-order valence-corrected chi connectivity index (χ1v) is 7.39. The van der Waals surface area contributed by atoms with Gasteiger partial charge in [0.25, 0.3) is 0 Å². The molecule has 1 aliphatic rings. The number of ether oxygens (including phenoxy) is 1. The van der Waals surface area contributed by atoms with Crippen LogP contribution in [0.25, 0.3) is 0 Å². The van der Waals surface area contributed by atoms with E-state index in [-0.39, 0.29) is 0 Å². The van der Waals surface area contributed by atoms with Gasteiger partial charge in [-0.2, -0.15) is 11.8 Å². The lowest BCUT2D eigenvalue weighted by molar-refractivity contribution is 0.339. The third kappa shape index (κ3) is 2.86. The van der Waals surface area contributed by atoms with E-state index in [4.69, 9.17) is 4.74 Å². The zero-order valence-electron chi connectivity index (χ0n) is 10.5. The van der Waals surface area contributed by atoms with Gasteiger partial charge in [0.2, 0.25) is 0 Å². The third-order valence-electron chi connectivity index (χ3n) is 3.35. The maximum Gasteiger partial charge on any atom is 0.168 e. The Hall–Kier alpha value is -0.900. The van der Waals surface area contributed by atoms with Gasteiger partial charge in [-0.05, 0) is 38.2 Å². The summed E-state index contributed by atoms with van der Waals surface area (Å²) in [6.07, 6.45) is 7.96. The van der Waals surface area contributed by atoms with Gasteiger partial charge in [-0.15, -0.1) is 0 Å². The van der Waals surface area contributed by atoms with Crippen molar-refractivity contribution in [3.63, 3.8) is 0 Å². The van der Waals surface area contributed by atoms with Crippen LogP contribution in [0.2, 0.25) is 0 Å². The third-order valence-corrected chi connectivity index (χ3v) is 4.76. The lowest BCUT2D eigenvalue weighted by Crippen LogP contribution is -2.40. The molecule has 0 aliphatic heterocycles. The van der Waals surface area contributed by atoms with Crippen molar-refractivity contribution in [2.24, 2.45) is 0 Å². The topological polar surface area (TPSA) is 34.1 Å². The average Bonchev–Trinajstić information content (AvgIpc) is 2.31. The second-order valence-electron chi connectivity index (χ2n) is 4.38. The molecular formula is C13H20N2OS. The number of thioether (sulfide) groups is 1. The molecule has 0 spiro atoms. The molecule has 1 heterocycles. The first-order chi connectivity index (χ1) is 8.29. The molecule has 4 heteroatoms. The van der Waals surface area contributed by atoms with Crippen LogP contribution < -0.4 is 10.1 Å². The molecule has 3 nitrogen and oxygen atoms in total. The van der Waals surface area contributed by atoms with E-state index in [1.54, 1.807) is 6.20 Å². The molecule has 1 saturated carbocycles. The lowest BCUT2D eigenvalue weighted by atomic mass is 9.84. The van der Waals surface area contributed by atoms with Crippen LogP contribution in [0.15, 0.2) is 18.3 Å². The maximum absolute atomic E-state index is 5.56. The fourth-order valence-corrected chi connectivity index (χ4v) is 2.98. The van der Waals surface area contributed by atoms with Gasteiger partial charge in [-0.25, -0.2) is 4.98 Å². The SMILES string of the molecule is CCOc1cccnc1NCC1(SC)CCC1. The van der Waals surface area contributed by atoms with Crippen LogP contribution in [-0.4, -0.2) is 29.1 Å². The van der Waals surface area contributed by atoms with Crippen LogP contribution in [0.3, 0.4) is 0 Å². The van der Waals surface area contributed by atoms with E-state index in [1.807, 2.05) is 30.8 Å². The summed E-state index contributed by atoms with van der Waals surface area (Å²) in [5, 5.41) is 3.43. The van der Waals surface area contributed by atoms with Crippen molar-refractivity contribution in [2.75, 3.05) is 24.7 Å². The Morgan fingerprint density at radius 3 is 2.94 bits per heavy atom. The van der Waals surface area contributed by atoms with Crippen molar-refractivity contribution >= 4 is 17.6 Å². The highest BCUT2D eigenvalue weighted by atomic mass is 32.2.